The van der Waals surface area contributed by atoms with Gasteiger partial charge in [-0.25, -0.2) is 0 Å². The van der Waals surface area contributed by atoms with E-state index in [-0.39, 0.29) is 12.3 Å². The first-order valence-electron chi connectivity index (χ1n) is 8.20. The summed E-state index contributed by atoms with van der Waals surface area (Å²) in [5, 5.41) is 12.1. The zero-order chi connectivity index (χ0) is 18.4. The minimum atomic E-state index is -0.957. The summed E-state index contributed by atoms with van der Waals surface area (Å²) in [6, 6.07) is 9.06. The summed E-state index contributed by atoms with van der Waals surface area (Å²) in [6.45, 7) is 6.05. The van der Waals surface area contributed by atoms with E-state index in [0.29, 0.717) is 18.8 Å². The van der Waals surface area contributed by atoms with Gasteiger partial charge in [0, 0.05) is 12.1 Å². The van der Waals surface area contributed by atoms with Crippen LogP contribution in [-0.2, 0) is 11.2 Å². The van der Waals surface area contributed by atoms with Gasteiger partial charge in [-0.3, -0.25) is 9.59 Å². The Bertz CT molecular complexity index is 733. The molecule has 134 valence electrons. The Morgan fingerprint density at radius 3 is 2.44 bits per heavy atom. The number of furan rings is 1. The summed E-state index contributed by atoms with van der Waals surface area (Å²) in [7, 11) is 0. The second-order valence-electron chi connectivity index (χ2n) is 5.90. The van der Waals surface area contributed by atoms with Crippen molar-refractivity contribution in [2.24, 2.45) is 5.92 Å². The minimum absolute atomic E-state index is 0.0283. The van der Waals surface area contributed by atoms with E-state index in [1.807, 2.05) is 31.2 Å². The van der Waals surface area contributed by atoms with E-state index in [1.165, 1.54) is 0 Å². The third-order valence-corrected chi connectivity index (χ3v) is 3.82. The zero-order valence-electron chi connectivity index (χ0n) is 14.7. The van der Waals surface area contributed by atoms with Gasteiger partial charge in [0.25, 0.3) is 5.91 Å². The van der Waals surface area contributed by atoms with Gasteiger partial charge < -0.3 is 19.6 Å². The molecule has 0 saturated carbocycles. The maximum atomic E-state index is 12.2. The molecule has 0 bridgehead atoms. The largest absolute Gasteiger partial charge is 0.494 e. The Hall–Kier alpha value is -2.76. The lowest BCUT2D eigenvalue weighted by atomic mass is 9.99. The number of benzene rings is 1. The van der Waals surface area contributed by atoms with E-state index < -0.39 is 17.8 Å². The molecule has 0 fully saturated rings. The van der Waals surface area contributed by atoms with Crippen LogP contribution in [0.3, 0.4) is 0 Å². The molecule has 1 aromatic carbocycles. The maximum Gasteiger partial charge on any atom is 0.308 e. The highest BCUT2D eigenvalue weighted by Crippen LogP contribution is 2.16. The number of carboxylic acid groups (broad SMARTS) is 1. The van der Waals surface area contributed by atoms with Gasteiger partial charge in [0.1, 0.15) is 11.5 Å². The van der Waals surface area contributed by atoms with Gasteiger partial charge in [-0.05, 0) is 51.0 Å². The molecule has 1 unspecified atom stereocenters. The lowest BCUT2D eigenvalue weighted by molar-refractivity contribution is -0.141. The maximum absolute atomic E-state index is 12.2. The number of rotatable bonds is 8. The fourth-order valence-electron chi connectivity index (χ4n) is 2.58. The quantitative estimate of drug-likeness (QED) is 0.768. The van der Waals surface area contributed by atoms with E-state index in [4.69, 9.17) is 9.15 Å². The number of carboxylic acids is 1. The summed E-state index contributed by atoms with van der Waals surface area (Å²) in [5.74, 6) is -0.465. The molecule has 2 rings (SSSR count). The van der Waals surface area contributed by atoms with Crippen LogP contribution < -0.4 is 10.1 Å². The molecule has 0 aliphatic heterocycles. The van der Waals surface area contributed by atoms with Crippen LogP contribution in [0.25, 0.3) is 0 Å². The predicted octanol–water partition coefficient (Wildman–Crippen LogP) is 2.97. The highest BCUT2D eigenvalue weighted by atomic mass is 16.5. The monoisotopic (exact) mass is 345 g/mol. The normalized spacial score (nSPS) is 11.8. The van der Waals surface area contributed by atoms with Gasteiger partial charge in [0.05, 0.1) is 12.5 Å². The molecule has 0 saturated heterocycles. The van der Waals surface area contributed by atoms with Crippen LogP contribution >= 0.6 is 0 Å². The molecule has 0 radical (unpaired) electrons. The minimum Gasteiger partial charge on any atom is -0.494 e. The lowest BCUT2D eigenvalue weighted by Gasteiger charge is -2.13. The van der Waals surface area contributed by atoms with Crippen molar-refractivity contribution in [2.75, 3.05) is 13.2 Å². The summed E-state index contributed by atoms with van der Waals surface area (Å²) < 4.78 is 10.7. The molecule has 1 amide bonds. The number of amides is 1. The highest BCUT2D eigenvalue weighted by molar-refractivity contribution is 5.93. The molecule has 2 N–H and O–H groups in total. The van der Waals surface area contributed by atoms with E-state index >= 15 is 0 Å². The Balaban J connectivity index is 1.97. The van der Waals surface area contributed by atoms with Gasteiger partial charge in [-0.1, -0.05) is 12.1 Å². The second-order valence-corrected chi connectivity index (χ2v) is 5.90. The molecule has 2 aromatic rings. The van der Waals surface area contributed by atoms with Crippen LogP contribution in [0.2, 0.25) is 0 Å². The van der Waals surface area contributed by atoms with Crippen molar-refractivity contribution in [3.05, 3.63) is 53.0 Å². The van der Waals surface area contributed by atoms with E-state index in [9.17, 15) is 14.7 Å². The fraction of sp³-hybridized carbons (Fsp3) is 0.368. The van der Waals surface area contributed by atoms with Crippen LogP contribution in [0.15, 0.2) is 34.7 Å². The summed E-state index contributed by atoms with van der Waals surface area (Å²) in [6.07, 6.45) is 0.318. The molecular weight excluding hydrogens is 322 g/mol. The number of carbonyl (C=O) groups is 2. The molecule has 1 aromatic heterocycles. The molecule has 0 aliphatic carbocycles. The Labute approximate surface area is 146 Å². The fourth-order valence-corrected chi connectivity index (χ4v) is 2.58. The third kappa shape index (κ3) is 5.11. The van der Waals surface area contributed by atoms with E-state index in [1.54, 1.807) is 19.9 Å². The smallest absolute Gasteiger partial charge is 0.308 e. The SMILES string of the molecule is CCOc1ccc(CC(CNC(=O)c2oc(C)cc2C)C(=O)O)cc1. The van der Waals surface area contributed by atoms with Gasteiger partial charge in [0.15, 0.2) is 5.76 Å². The topological polar surface area (TPSA) is 88.8 Å². The van der Waals surface area contributed by atoms with Crippen LogP contribution in [0.5, 0.6) is 5.75 Å². The molecule has 25 heavy (non-hydrogen) atoms. The number of hydrogen-bond acceptors (Lipinski definition) is 4. The average Bonchev–Trinajstić information content (AvgIpc) is 2.91. The summed E-state index contributed by atoms with van der Waals surface area (Å²) in [5.41, 5.74) is 1.60. The third-order valence-electron chi connectivity index (χ3n) is 3.82. The number of hydrogen-bond donors (Lipinski definition) is 2. The predicted molar refractivity (Wildman–Crippen MR) is 93.0 cm³/mol. The number of aryl methyl sites for hydroxylation is 2. The standard InChI is InChI=1S/C19H23NO5/c1-4-24-16-7-5-14(6-8-16)10-15(19(22)23)11-20-18(21)17-12(2)9-13(3)25-17/h5-9,15H,4,10-11H2,1-3H3,(H,20,21)(H,22,23). The first kappa shape index (κ1) is 18.6. The van der Waals surface area contributed by atoms with Gasteiger partial charge >= 0.3 is 5.97 Å². The summed E-state index contributed by atoms with van der Waals surface area (Å²) >= 11 is 0. The van der Waals surface area contributed by atoms with Gasteiger partial charge in [-0.2, -0.15) is 0 Å². The first-order valence-corrected chi connectivity index (χ1v) is 8.20. The second kappa shape index (κ2) is 8.37. The first-order chi connectivity index (χ1) is 11.9. The molecule has 0 aliphatic rings. The van der Waals surface area contributed by atoms with E-state index in [0.717, 1.165) is 16.9 Å². The zero-order valence-corrected chi connectivity index (χ0v) is 14.7. The Kier molecular flexibility index (Phi) is 6.22. The average molecular weight is 345 g/mol. The molecule has 0 spiro atoms. The Morgan fingerprint density at radius 1 is 1.24 bits per heavy atom. The van der Waals surface area contributed by atoms with Gasteiger partial charge in [0.2, 0.25) is 0 Å². The van der Waals surface area contributed by atoms with Crippen molar-refractivity contribution in [1.29, 1.82) is 0 Å². The van der Waals surface area contributed by atoms with Crippen LogP contribution in [0.1, 0.15) is 34.4 Å². The van der Waals surface area contributed by atoms with Gasteiger partial charge in [-0.15, -0.1) is 0 Å². The van der Waals surface area contributed by atoms with Crippen LogP contribution in [0.4, 0.5) is 0 Å². The van der Waals surface area contributed by atoms with Crippen molar-refractivity contribution in [1.82, 2.24) is 5.32 Å². The van der Waals surface area contributed by atoms with Crippen molar-refractivity contribution < 1.29 is 23.8 Å². The molecule has 6 nitrogen and oxygen atoms in total. The van der Waals surface area contributed by atoms with Crippen LogP contribution in [0, 0.1) is 19.8 Å². The van der Waals surface area contributed by atoms with Crippen LogP contribution in [-0.4, -0.2) is 30.1 Å². The van der Waals surface area contributed by atoms with Crippen molar-refractivity contribution in [3.8, 4) is 5.75 Å². The molecule has 1 atom stereocenters. The molecule has 6 heteroatoms. The number of aliphatic carboxylic acids is 1. The molecular formula is C19H23NO5. The highest BCUT2D eigenvalue weighted by Gasteiger charge is 2.21. The van der Waals surface area contributed by atoms with Crippen molar-refractivity contribution in [2.45, 2.75) is 27.2 Å². The Morgan fingerprint density at radius 2 is 1.92 bits per heavy atom. The summed E-state index contributed by atoms with van der Waals surface area (Å²) in [4.78, 5) is 23.7. The number of nitrogens with one attached hydrogen (secondary N) is 1. The number of carbonyl (C=O) groups excluding carboxylic acids is 1. The van der Waals surface area contributed by atoms with Crippen molar-refractivity contribution >= 4 is 11.9 Å². The van der Waals surface area contributed by atoms with E-state index in [2.05, 4.69) is 5.32 Å². The number of ether oxygens (including phenoxy) is 1. The molecule has 1 heterocycles. The van der Waals surface area contributed by atoms with Crippen molar-refractivity contribution in [3.63, 3.8) is 0 Å². The lowest BCUT2D eigenvalue weighted by Crippen LogP contribution is -2.34.